The predicted octanol–water partition coefficient (Wildman–Crippen LogP) is 6.12. The van der Waals surface area contributed by atoms with Crippen LogP contribution in [0.5, 0.6) is 0 Å². The number of likely N-dealkylation sites (tertiary alicyclic amines) is 1. The van der Waals surface area contributed by atoms with Gasteiger partial charge >= 0.3 is 0 Å². The summed E-state index contributed by atoms with van der Waals surface area (Å²) in [5.41, 5.74) is 0.987. The van der Waals surface area contributed by atoms with Crippen LogP contribution in [0.1, 0.15) is 79.6 Å². The molecule has 0 radical (unpaired) electrons. The Morgan fingerprint density at radius 3 is 2.10 bits per heavy atom. The zero-order valence-corrected chi connectivity index (χ0v) is 16.8. The van der Waals surface area contributed by atoms with E-state index in [-0.39, 0.29) is 0 Å². The van der Waals surface area contributed by atoms with Gasteiger partial charge in [-0.1, -0.05) is 63.4 Å². The van der Waals surface area contributed by atoms with Crippen molar-refractivity contribution in [1.82, 2.24) is 4.90 Å². The predicted molar refractivity (Wildman–Crippen MR) is 99.3 cm³/mol. The molecule has 1 fully saturated rings. The first-order chi connectivity index (χ1) is 9.87. The van der Waals surface area contributed by atoms with Crippen LogP contribution in [-0.2, 0) is 0 Å². The minimum Gasteiger partial charge on any atom is -0.303 e. The summed E-state index contributed by atoms with van der Waals surface area (Å²) >= 11 is 3.84. The van der Waals surface area contributed by atoms with Crippen LogP contribution >= 0.6 is 15.9 Å². The second kappa shape index (κ2) is 8.91. The van der Waals surface area contributed by atoms with Gasteiger partial charge in [-0.3, -0.25) is 0 Å². The Kier molecular flexibility index (Phi) is 8.27. The fraction of sp³-hybridized carbons (Fsp3) is 1.00. The van der Waals surface area contributed by atoms with Crippen molar-refractivity contribution in [3.63, 3.8) is 0 Å². The Hall–Kier alpha value is 0.440. The summed E-state index contributed by atoms with van der Waals surface area (Å²) in [5, 5.41) is 1.17. The van der Waals surface area contributed by atoms with Crippen molar-refractivity contribution in [2.24, 2.45) is 16.7 Å². The van der Waals surface area contributed by atoms with Crippen LogP contribution in [0, 0.1) is 16.7 Å². The Labute approximate surface area is 142 Å². The van der Waals surface area contributed by atoms with Crippen molar-refractivity contribution >= 4 is 15.9 Å². The molecule has 1 saturated heterocycles. The van der Waals surface area contributed by atoms with E-state index >= 15 is 0 Å². The summed E-state index contributed by atoms with van der Waals surface area (Å²) in [4.78, 5) is 2.78. The third-order valence-corrected chi connectivity index (χ3v) is 6.64. The van der Waals surface area contributed by atoms with E-state index in [4.69, 9.17) is 0 Å². The van der Waals surface area contributed by atoms with Crippen LogP contribution in [0.15, 0.2) is 0 Å². The number of hydrogen-bond donors (Lipinski definition) is 0. The molecule has 0 aromatic heterocycles. The molecule has 1 atom stereocenters. The topological polar surface area (TPSA) is 3.24 Å². The van der Waals surface area contributed by atoms with Crippen LogP contribution in [0.25, 0.3) is 0 Å². The molecule has 1 unspecified atom stereocenters. The zero-order valence-electron chi connectivity index (χ0n) is 15.2. The number of hydrogen-bond acceptors (Lipinski definition) is 1. The van der Waals surface area contributed by atoms with Crippen molar-refractivity contribution in [3.8, 4) is 0 Å². The molecule has 0 amide bonds. The number of alkyl halides is 1. The van der Waals surface area contributed by atoms with E-state index in [1.807, 2.05) is 0 Å². The Morgan fingerprint density at radius 2 is 1.62 bits per heavy atom. The van der Waals surface area contributed by atoms with Crippen molar-refractivity contribution in [2.45, 2.75) is 79.6 Å². The zero-order chi connectivity index (χ0) is 15.9. The summed E-state index contributed by atoms with van der Waals surface area (Å²) < 4.78 is 0. The van der Waals surface area contributed by atoms with Crippen LogP contribution in [0.3, 0.4) is 0 Å². The van der Waals surface area contributed by atoms with E-state index in [2.05, 4.69) is 55.4 Å². The van der Waals surface area contributed by atoms with Gasteiger partial charge in [-0.2, -0.15) is 0 Å². The maximum absolute atomic E-state index is 3.84. The average Bonchev–Trinajstić information content (AvgIpc) is 2.64. The van der Waals surface area contributed by atoms with Gasteiger partial charge in [0.1, 0.15) is 0 Å². The Bertz CT molecular complexity index is 276. The molecule has 1 rings (SSSR count). The van der Waals surface area contributed by atoms with Gasteiger partial charge in [0.25, 0.3) is 0 Å². The maximum Gasteiger partial charge on any atom is 0.0100 e. The summed E-state index contributed by atoms with van der Waals surface area (Å²) in [6.45, 7) is 15.9. The SMILES string of the molecule is CCCC(CBr)(CCC)CN1CCCC(C(C)(C)C)CC1. The third-order valence-electron chi connectivity index (χ3n) is 5.45. The highest BCUT2D eigenvalue weighted by atomic mass is 79.9. The molecule has 0 aromatic carbocycles. The summed E-state index contributed by atoms with van der Waals surface area (Å²) in [6.07, 6.45) is 9.55. The van der Waals surface area contributed by atoms with Gasteiger partial charge in [0, 0.05) is 11.9 Å². The van der Waals surface area contributed by atoms with E-state index in [1.54, 1.807) is 0 Å². The highest BCUT2D eigenvalue weighted by Gasteiger charge is 2.32. The normalized spacial score (nSPS) is 22.3. The molecule has 2 heteroatoms. The lowest BCUT2D eigenvalue weighted by Crippen LogP contribution is -2.40. The number of nitrogens with zero attached hydrogens (tertiary/aromatic N) is 1. The van der Waals surface area contributed by atoms with Gasteiger partial charge in [0.15, 0.2) is 0 Å². The van der Waals surface area contributed by atoms with Crippen molar-refractivity contribution in [1.29, 1.82) is 0 Å². The molecule has 1 aliphatic rings. The molecule has 126 valence electrons. The standard InChI is InChI=1S/C19H38BrN/c1-6-11-19(15-20,12-7-2)16-21-13-8-9-17(10-14-21)18(3,4)5/h17H,6-16H2,1-5H3. The monoisotopic (exact) mass is 359 g/mol. The lowest BCUT2D eigenvalue weighted by molar-refractivity contribution is 0.144. The van der Waals surface area contributed by atoms with Crippen molar-refractivity contribution < 1.29 is 0 Å². The smallest absolute Gasteiger partial charge is 0.0100 e. The number of rotatable bonds is 7. The van der Waals surface area contributed by atoms with Crippen LogP contribution in [-0.4, -0.2) is 29.9 Å². The molecular weight excluding hydrogens is 322 g/mol. The fourth-order valence-electron chi connectivity index (χ4n) is 4.17. The molecule has 0 aromatic rings. The molecule has 0 bridgehead atoms. The van der Waals surface area contributed by atoms with Crippen LogP contribution in [0.2, 0.25) is 0 Å². The Morgan fingerprint density at radius 1 is 1.00 bits per heavy atom. The van der Waals surface area contributed by atoms with E-state index in [1.165, 1.54) is 69.9 Å². The van der Waals surface area contributed by atoms with Gasteiger partial charge in [-0.25, -0.2) is 0 Å². The highest BCUT2D eigenvalue weighted by molar-refractivity contribution is 9.09. The van der Waals surface area contributed by atoms with E-state index in [9.17, 15) is 0 Å². The molecular formula is C19H38BrN. The molecule has 21 heavy (non-hydrogen) atoms. The molecule has 0 spiro atoms. The first-order valence-electron chi connectivity index (χ1n) is 9.15. The first-order valence-corrected chi connectivity index (χ1v) is 10.3. The summed E-state index contributed by atoms with van der Waals surface area (Å²) in [5.74, 6) is 0.901. The summed E-state index contributed by atoms with van der Waals surface area (Å²) in [7, 11) is 0. The van der Waals surface area contributed by atoms with Crippen LogP contribution in [0.4, 0.5) is 0 Å². The lowest BCUT2D eigenvalue weighted by atomic mass is 9.76. The average molecular weight is 360 g/mol. The fourth-order valence-corrected chi connectivity index (χ4v) is 4.91. The molecule has 0 aliphatic carbocycles. The van der Waals surface area contributed by atoms with Gasteiger partial charge in [-0.05, 0) is 61.9 Å². The molecule has 1 nitrogen and oxygen atoms in total. The van der Waals surface area contributed by atoms with Gasteiger partial charge in [0.2, 0.25) is 0 Å². The second-order valence-electron chi connectivity index (χ2n) is 8.40. The molecule has 1 heterocycles. The third kappa shape index (κ3) is 6.22. The van der Waals surface area contributed by atoms with E-state index < -0.39 is 0 Å². The van der Waals surface area contributed by atoms with Gasteiger partial charge in [0.05, 0.1) is 0 Å². The highest BCUT2D eigenvalue weighted by Crippen LogP contribution is 2.37. The molecule has 0 saturated carbocycles. The molecule has 1 aliphatic heterocycles. The minimum absolute atomic E-state index is 0.482. The largest absolute Gasteiger partial charge is 0.303 e. The van der Waals surface area contributed by atoms with E-state index in [0.29, 0.717) is 10.8 Å². The first kappa shape index (κ1) is 19.5. The number of halogens is 1. The van der Waals surface area contributed by atoms with Crippen molar-refractivity contribution in [2.75, 3.05) is 25.0 Å². The van der Waals surface area contributed by atoms with Crippen molar-refractivity contribution in [3.05, 3.63) is 0 Å². The quantitative estimate of drug-likeness (QED) is 0.495. The minimum atomic E-state index is 0.482. The summed E-state index contributed by atoms with van der Waals surface area (Å²) in [6, 6.07) is 0. The van der Waals surface area contributed by atoms with Gasteiger partial charge in [-0.15, -0.1) is 0 Å². The van der Waals surface area contributed by atoms with Crippen LogP contribution < -0.4 is 0 Å². The molecule has 0 N–H and O–H groups in total. The van der Waals surface area contributed by atoms with Gasteiger partial charge < -0.3 is 4.90 Å². The second-order valence-corrected chi connectivity index (χ2v) is 8.96. The van der Waals surface area contributed by atoms with E-state index in [0.717, 1.165) is 5.92 Å². The lowest BCUT2D eigenvalue weighted by Gasteiger charge is -2.37. The maximum atomic E-state index is 3.84. The Balaban J connectivity index is 2.64.